The fourth-order valence-corrected chi connectivity index (χ4v) is 3.64. The summed E-state index contributed by atoms with van der Waals surface area (Å²) >= 11 is 0. The van der Waals surface area contributed by atoms with Crippen LogP contribution in [0.1, 0.15) is 52.4 Å². The van der Waals surface area contributed by atoms with Crippen molar-refractivity contribution < 1.29 is 0 Å². The molecule has 2 fully saturated rings. The Morgan fingerprint density at radius 2 is 2.18 bits per heavy atom. The molecule has 2 unspecified atom stereocenters. The SMILES string of the molecule is C=CCC(C)N1CC2(CCCC2)NCC1CC. The standard InChI is InChI=1S/C15H28N2/c1-4-8-13(3)17-12-15(9-6-7-10-15)16-11-14(17)5-2/h4,13-14,16H,1,5-12H2,2-3H3. The fourth-order valence-electron chi connectivity index (χ4n) is 3.64. The highest BCUT2D eigenvalue weighted by Crippen LogP contribution is 2.34. The van der Waals surface area contributed by atoms with Crippen LogP contribution in [0, 0.1) is 0 Å². The predicted octanol–water partition coefficient (Wildman–Crippen LogP) is 2.95. The van der Waals surface area contributed by atoms with Crippen LogP contribution in [-0.2, 0) is 0 Å². The van der Waals surface area contributed by atoms with Gasteiger partial charge in [0.1, 0.15) is 0 Å². The Hall–Kier alpha value is -0.340. The summed E-state index contributed by atoms with van der Waals surface area (Å²) in [5.74, 6) is 0. The monoisotopic (exact) mass is 236 g/mol. The first-order valence-electron chi connectivity index (χ1n) is 7.32. The lowest BCUT2D eigenvalue weighted by Crippen LogP contribution is -2.64. The van der Waals surface area contributed by atoms with Gasteiger partial charge in [0.15, 0.2) is 0 Å². The van der Waals surface area contributed by atoms with Crippen molar-refractivity contribution in [3.05, 3.63) is 12.7 Å². The average molecular weight is 236 g/mol. The minimum Gasteiger partial charge on any atom is -0.308 e. The van der Waals surface area contributed by atoms with Crippen molar-refractivity contribution in [1.82, 2.24) is 10.2 Å². The zero-order chi connectivity index (χ0) is 12.3. The number of nitrogens with zero attached hydrogens (tertiary/aromatic N) is 1. The van der Waals surface area contributed by atoms with Gasteiger partial charge in [0.25, 0.3) is 0 Å². The van der Waals surface area contributed by atoms with Crippen LogP contribution >= 0.6 is 0 Å². The van der Waals surface area contributed by atoms with E-state index in [1.54, 1.807) is 0 Å². The third-order valence-electron chi connectivity index (χ3n) is 4.77. The lowest BCUT2D eigenvalue weighted by molar-refractivity contribution is 0.0477. The topological polar surface area (TPSA) is 15.3 Å². The van der Waals surface area contributed by atoms with Crippen molar-refractivity contribution in [2.75, 3.05) is 13.1 Å². The first kappa shape index (κ1) is 13.1. The molecular weight excluding hydrogens is 208 g/mol. The van der Waals surface area contributed by atoms with Crippen LogP contribution < -0.4 is 5.32 Å². The van der Waals surface area contributed by atoms with Gasteiger partial charge < -0.3 is 5.32 Å². The van der Waals surface area contributed by atoms with E-state index < -0.39 is 0 Å². The second-order valence-corrected chi connectivity index (χ2v) is 5.98. The quantitative estimate of drug-likeness (QED) is 0.755. The molecule has 1 N–H and O–H groups in total. The zero-order valence-corrected chi connectivity index (χ0v) is 11.5. The summed E-state index contributed by atoms with van der Waals surface area (Å²) in [6.07, 6.45) is 10.0. The average Bonchev–Trinajstić information content (AvgIpc) is 2.78. The third-order valence-corrected chi connectivity index (χ3v) is 4.77. The van der Waals surface area contributed by atoms with Gasteiger partial charge in [-0.25, -0.2) is 0 Å². The number of hydrogen-bond donors (Lipinski definition) is 1. The lowest BCUT2D eigenvalue weighted by Gasteiger charge is -2.48. The normalized spacial score (nSPS) is 30.6. The van der Waals surface area contributed by atoms with Crippen LogP contribution in [0.2, 0.25) is 0 Å². The molecule has 2 rings (SSSR count). The highest BCUT2D eigenvalue weighted by molar-refractivity contribution is 5.02. The molecule has 17 heavy (non-hydrogen) atoms. The van der Waals surface area contributed by atoms with Gasteiger partial charge in [0.2, 0.25) is 0 Å². The largest absolute Gasteiger partial charge is 0.308 e. The van der Waals surface area contributed by atoms with E-state index in [1.165, 1.54) is 45.2 Å². The Kier molecular flexibility index (Phi) is 4.26. The fraction of sp³-hybridized carbons (Fsp3) is 0.867. The minimum absolute atomic E-state index is 0.446. The first-order valence-corrected chi connectivity index (χ1v) is 7.32. The van der Waals surface area contributed by atoms with Crippen molar-refractivity contribution in [1.29, 1.82) is 0 Å². The molecular formula is C15H28N2. The van der Waals surface area contributed by atoms with Crippen LogP contribution in [0.4, 0.5) is 0 Å². The van der Waals surface area contributed by atoms with E-state index in [-0.39, 0.29) is 0 Å². The predicted molar refractivity (Wildman–Crippen MR) is 74.3 cm³/mol. The van der Waals surface area contributed by atoms with Crippen LogP contribution in [0.15, 0.2) is 12.7 Å². The molecule has 2 atom stereocenters. The molecule has 0 amide bonds. The summed E-state index contributed by atoms with van der Waals surface area (Å²) in [7, 11) is 0. The molecule has 1 saturated carbocycles. The van der Waals surface area contributed by atoms with E-state index in [9.17, 15) is 0 Å². The van der Waals surface area contributed by atoms with Gasteiger partial charge in [-0.1, -0.05) is 25.8 Å². The molecule has 2 nitrogen and oxygen atoms in total. The number of nitrogens with one attached hydrogen (secondary N) is 1. The van der Waals surface area contributed by atoms with Gasteiger partial charge in [0.05, 0.1) is 0 Å². The van der Waals surface area contributed by atoms with Crippen LogP contribution in [0.5, 0.6) is 0 Å². The molecule has 1 spiro atoms. The maximum absolute atomic E-state index is 3.89. The Balaban J connectivity index is 2.05. The van der Waals surface area contributed by atoms with Crippen molar-refractivity contribution >= 4 is 0 Å². The number of rotatable bonds is 4. The van der Waals surface area contributed by atoms with E-state index in [2.05, 4.69) is 36.7 Å². The summed E-state index contributed by atoms with van der Waals surface area (Å²) in [5.41, 5.74) is 0.446. The van der Waals surface area contributed by atoms with E-state index >= 15 is 0 Å². The Labute approximate surface area is 106 Å². The highest BCUT2D eigenvalue weighted by Gasteiger charge is 2.41. The molecule has 1 aliphatic carbocycles. The Morgan fingerprint density at radius 1 is 1.47 bits per heavy atom. The van der Waals surface area contributed by atoms with Crippen LogP contribution in [0.25, 0.3) is 0 Å². The molecule has 1 heterocycles. The van der Waals surface area contributed by atoms with E-state index in [4.69, 9.17) is 0 Å². The Morgan fingerprint density at radius 3 is 2.76 bits per heavy atom. The van der Waals surface area contributed by atoms with Crippen molar-refractivity contribution in [3.8, 4) is 0 Å². The molecule has 0 bridgehead atoms. The van der Waals surface area contributed by atoms with Crippen molar-refractivity contribution in [2.24, 2.45) is 0 Å². The Bertz CT molecular complexity index is 256. The smallest absolute Gasteiger partial charge is 0.0309 e. The van der Waals surface area contributed by atoms with E-state index in [0.29, 0.717) is 11.6 Å². The molecule has 0 aromatic rings. The summed E-state index contributed by atoms with van der Waals surface area (Å²) in [6, 6.07) is 1.37. The second-order valence-electron chi connectivity index (χ2n) is 5.98. The minimum atomic E-state index is 0.446. The summed E-state index contributed by atoms with van der Waals surface area (Å²) in [5, 5.41) is 3.85. The molecule has 0 radical (unpaired) electrons. The summed E-state index contributed by atoms with van der Waals surface area (Å²) in [4.78, 5) is 2.74. The third kappa shape index (κ3) is 2.74. The maximum atomic E-state index is 3.89. The lowest BCUT2D eigenvalue weighted by atomic mass is 9.90. The highest BCUT2D eigenvalue weighted by atomic mass is 15.3. The second kappa shape index (κ2) is 5.53. The summed E-state index contributed by atoms with van der Waals surface area (Å²) < 4.78 is 0. The molecule has 2 aliphatic rings. The molecule has 0 aromatic heterocycles. The molecule has 0 aromatic carbocycles. The first-order chi connectivity index (χ1) is 8.21. The van der Waals surface area contributed by atoms with Crippen LogP contribution in [0.3, 0.4) is 0 Å². The van der Waals surface area contributed by atoms with Gasteiger partial charge in [0, 0.05) is 30.7 Å². The number of hydrogen-bond acceptors (Lipinski definition) is 2. The van der Waals surface area contributed by atoms with Gasteiger partial charge in [-0.05, 0) is 32.6 Å². The molecule has 2 heteroatoms. The van der Waals surface area contributed by atoms with Crippen molar-refractivity contribution in [2.45, 2.75) is 70.0 Å². The number of piperazine rings is 1. The maximum Gasteiger partial charge on any atom is 0.0309 e. The van der Waals surface area contributed by atoms with E-state index in [0.717, 1.165) is 12.5 Å². The molecule has 1 saturated heterocycles. The molecule has 1 aliphatic heterocycles. The zero-order valence-electron chi connectivity index (χ0n) is 11.5. The van der Waals surface area contributed by atoms with Crippen LogP contribution in [-0.4, -0.2) is 35.6 Å². The van der Waals surface area contributed by atoms with Crippen molar-refractivity contribution in [3.63, 3.8) is 0 Å². The van der Waals surface area contributed by atoms with Gasteiger partial charge in [-0.15, -0.1) is 6.58 Å². The summed E-state index contributed by atoms with van der Waals surface area (Å²) in [6.45, 7) is 11.0. The molecule has 98 valence electrons. The van der Waals surface area contributed by atoms with E-state index in [1.807, 2.05) is 0 Å². The van der Waals surface area contributed by atoms with Gasteiger partial charge in [-0.2, -0.15) is 0 Å². The van der Waals surface area contributed by atoms with Gasteiger partial charge >= 0.3 is 0 Å². The van der Waals surface area contributed by atoms with Gasteiger partial charge in [-0.3, -0.25) is 4.90 Å².